The Morgan fingerprint density at radius 3 is 2.38 bits per heavy atom. The first-order valence-corrected chi connectivity index (χ1v) is 13.2. The fourth-order valence-corrected chi connectivity index (χ4v) is 5.94. The lowest BCUT2D eigenvalue weighted by molar-refractivity contribution is 0.159. The van der Waals surface area contributed by atoms with Gasteiger partial charge in [-0.2, -0.15) is 4.31 Å². The highest BCUT2D eigenvalue weighted by molar-refractivity contribution is 14.0. The standard InChI is InChI=1S/C23H39N5O2S.HI/c1-20-9-4-7-15-27(20)16-8-14-25-23(24-2)26-19-21-10-12-22(13-11-21)31(29,30)28-17-5-3-6-18-28;/h10-13,20H,3-9,14-19H2,1-2H3,(H2,24,25,26);1H. The second-order valence-corrected chi connectivity index (χ2v) is 10.6. The van der Waals surface area contributed by atoms with Crippen LogP contribution in [0.25, 0.3) is 0 Å². The van der Waals surface area contributed by atoms with Crippen molar-refractivity contribution in [3.8, 4) is 0 Å². The van der Waals surface area contributed by atoms with E-state index < -0.39 is 10.0 Å². The van der Waals surface area contributed by atoms with E-state index in [1.54, 1.807) is 23.5 Å². The normalized spacial score (nSPS) is 21.1. The van der Waals surface area contributed by atoms with E-state index in [9.17, 15) is 8.42 Å². The average Bonchev–Trinajstić information content (AvgIpc) is 2.80. The van der Waals surface area contributed by atoms with Gasteiger partial charge in [-0.05, 0) is 63.3 Å². The molecule has 1 unspecified atom stereocenters. The molecule has 2 fully saturated rings. The van der Waals surface area contributed by atoms with Gasteiger partial charge in [0.05, 0.1) is 4.90 Å². The molecule has 7 nitrogen and oxygen atoms in total. The zero-order valence-electron chi connectivity index (χ0n) is 19.6. The molecule has 1 aromatic rings. The molecule has 0 radical (unpaired) electrons. The summed E-state index contributed by atoms with van der Waals surface area (Å²) < 4.78 is 27.2. The average molecular weight is 578 g/mol. The minimum absolute atomic E-state index is 0. The van der Waals surface area contributed by atoms with Crippen molar-refractivity contribution in [1.29, 1.82) is 0 Å². The number of nitrogens with one attached hydrogen (secondary N) is 2. The van der Waals surface area contributed by atoms with Gasteiger partial charge in [-0.3, -0.25) is 4.99 Å². The van der Waals surface area contributed by atoms with Gasteiger partial charge in [0.15, 0.2) is 5.96 Å². The number of rotatable bonds is 8. The number of sulfonamides is 1. The molecule has 1 atom stereocenters. The highest BCUT2D eigenvalue weighted by Gasteiger charge is 2.25. The topological polar surface area (TPSA) is 77.0 Å². The fourth-order valence-electron chi connectivity index (χ4n) is 4.42. The molecule has 0 bridgehead atoms. The lowest BCUT2D eigenvalue weighted by Crippen LogP contribution is -2.41. The molecule has 0 aliphatic carbocycles. The minimum atomic E-state index is -3.37. The van der Waals surface area contributed by atoms with Crippen LogP contribution >= 0.6 is 24.0 Å². The van der Waals surface area contributed by atoms with Gasteiger partial charge in [0.1, 0.15) is 0 Å². The molecule has 182 valence electrons. The van der Waals surface area contributed by atoms with E-state index in [0.29, 0.717) is 30.6 Å². The van der Waals surface area contributed by atoms with Crippen LogP contribution in [-0.2, 0) is 16.6 Å². The van der Waals surface area contributed by atoms with Crippen molar-refractivity contribution in [2.75, 3.05) is 39.8 Å². The second-order valence-electron chi connectivity index (χ2n) is 8.70. The van der Waals surface area contributed by atoms with Crippen LogP contribution in [0.2, 0.25) is 0 Å². The molecule has 0 spiro atoms. The van der Waals surface area contributed by atoms with Crippen LogP contribution in [0.4, 0.5) is 0 Å². The van der Waals surface area contributed by atoms with E-state index in [1.807, 2.05) is 12.1 Å². The van der Waals surface area contributed by atoms with Gasteiger partial charge in [-0.1, -0.05) is 25.0 Å². The molecule has 2 aliphatic rings. The first-order valence-electron chi connectivity index (χ1n) is 11.8. The first kappa shape index (κ1) is 27.3. The van der Waals surface area contributed by atoms with Crippen LogP contribution in [0.1, 0.15) is 57.4 Å². The molecule has 3 rings (SSSR count). The number of hydrogen-bond acceptors (Lipinski definition) is 4. The third-order valence-corrected chi connectivity index (χ3v) is 8.33. The minimum Gasteiger partial charge on any atom is -0.356 e. The van der Waals surface area contributed by atoms with E-state index in [2.05, 4.69) is 27.4 Å². The third-order valence-electron chi connectivity index (χ3n) is 6.41. The number of piperidine rings is 2. The molecule has 2 heterocycles. The van der Waals surface area contributed by atoms with Crippen LogP contribution in [0.3, 0.4) is 0 Å². The number of halogens is 1. The lowest BCUT2D eigenvalue weighted by atomic mass is 10.0. The number of aliphatic imine (C=N–C) groups is 1. The Morgan fingerprint density at radius 1 is 1.03 bits per heavy atom. The van der Waals surface area contributed by atoms with Crippen LogP contribution < -0.4 is 10.6 Å². The Morgan fingerprint density at radius 2 is 1.72 bits per heavy atom. The van der Waals surface area contributed by atoms with Gasteiger partial charge in [-0.15, -0.1) is 24.0 Å². The van der Waals surface area contributed by atoms with Crippen molar-refractivity contribution >= 4 is 40.0 Å². The van der Waals surface area contributed by atoms with Crippen molar-refractivity contribution in [3.05, 3.63) is 29.8 Å². The highest BCUT2D eigenvalue weighted by Crippen LogP contribution is 2.21. The predicted molar refractivity (Wildman–Crippen MR) is 142 cm³/mol. The maximum Gasteiger partial charge on any atom is 0.243 e. The molecule has 2 aliphatic heterocycles. The molecule has 0 amide bonds. The molecular formula is C23H40IN5O2S. The lowest BCUT2D eigenvalue weighted by Gasteiger charge is -2.33. The zero-order chi connectivity index (χ0) is 22.1. The summed E-state index contributed by atoms with van der Waals surface area (Å²) in [6.07, 6.45) is 8.10. The zero-order valence-corrected chi connectivity index (χ0v) is 22.7. The van der Waals surface area contributed by atoms with Crippen LogP contribution in [0.5, 0.6) is 0 Å². The van der Waals surface area contributed by atoms with Crippen LogP contribution in [-0.4, -0.2) is 69.4 Å². The summed E-state index contributed by atoms with van der Waals surface area (Å²) in [5.41, 5.74) is 1.03. The number of hydrogen-bond donors (Lipinski definition) is 2. The summed E-state index contributed by atoms with van der Waals surface area (Å²) in [5.74, 6) is 0.775. The number of nitrogens with zero attached hydrogens (tertiary/aromatic N) is 3. The van der Waals surface area contributed by atoms with Crippen molar-refractivity contribution in [1.82, 2.24) is 19.8 Å². The number of guanidine groups is 1. The van der Waals surface area contributed by atoms with Crippen LogP contribution in [0.15, 0.2) is 34.2 Å². The molecule has 2 N–H and O–H groups in total. The summed E-state index contributed by atoms with van der Waals surface area (Å²) in [4.78, 5) is 7.26. The van der Waals surface area contributed by atoms with Crippen molar-refractivity contribution in [2.45, 2.75) is 69.4 Å². The molecule has 0 aromatic heterocycles. The number of likely N-dealkylation sites (tertiary alicyclic amines) is 1. The summed E-state index contributed by atoms with van der Waals surface area (Å²) in [6, 6.07) is 7.91. The second kappa shape index (κ2) is 13.7. The van der Waals surface area contributed by atoms with Gasteiger partial charge in [0.2, 0.25) is 10.0 Å². The largest absolute Gasteiger partial charge is 0.356 e. The number of benzene rings is 1. The van der Waals surface area contributed by atoms with Gasteiger partial charge in [0, 0.05) is 45.8 Å². The molecule has 1 aromatic carbocycles. The van der Waals surface area contributed by atoms with Gasteiger partial charge in [0.25, 0.3) is 0 Å². The monoisotopic (exact) mass is 577 g/mol. The van der Waals surface area contributed by atoms with E-state index in [-0.39, 0.29) is 24.0 Å². The molecule has 9 heteroatoms. The van der Waals surface area contributed by atoms with Gasteiger partial charge < -0.3 is 15.5 Å². The summed E-state index contributed by atoms with van der Waals surface area (Å²) in [6.45, 7) is 7.42. The highest BCUT2D eigenvalue weighted by atomic mass is 127. The summed E-state index contributed by atoms with van der Waals surface area (Å²) in [5, 5.41) is 6.70. The molecule has 2 saturated heterocycles. The van der Waals surface area contributed by atoms with E-state index in [0.717, 1.165) is 50.3 Å². The fraction of sp³-hybridized carbons (Fsp3) is 0.696. The Labute approximate surface area is 211 Å². The van der Waals surface area contributed by atoms with E-state index >= 15 is 0 Å². The third kappa shape index (κ3) is 7.85. The van der Waals surface area contributed by atoms with Gasteiger partial charge in [-0.25, -0.2) is 8.42 Å². The van der Waals surface area contributed by atoms with Crippen molar-refractivity contribution in [3.63, 3.8) is 0 Å². The predicted octanol–water partition coefficient (Wildman–Crippen LogP) is 3.41. The Bertz CT molecular complexity index is 810. The molecule has 32 heavy (non-hydrogen) atoms. The SMILES string of the molecule is CN=C(NCCCN1CCCCC1C)NCc1ccc(S(=O)(=O)N2CCCCC2)cc1.I. The molecular weight excluding hydrogens is 537 g/mol. The Kier molecular flexibility index (Phi) is 11.7. The van der Waals surface area contributed by atoms with E-state index in [1.165, 1.54) is 25.8 Å². The quantitative estimate of drug-likeness (QED) is 0.215. The molecule has 0 saturated carbocycles. The van der Waals surface area contributed by atoms with Crippen molar-refractivity contribution < 1.29 is 8.42 Å². The summed E-state index contributed by atoms with van der Waals surface area (Å²) >= 11 is 0. The Hall–Kier alpha value is -0.910. The summed E-state index contributed by atoms with van der Waals surface area (Å²) in [7, 11) is -1.60. The maximum atomic E-state index is 12.8. The maximum absolute atomic E-state index is 12.8. The first-order chi connectivity index (χ1) is 15.0. The van der Waals surface area contributed by atoms with E-state index in [4.69, 9.17) is 0 Å². The smallest absolute Gasteiger partial charge is 0.243 e. The van der Waals surface area contributed by atoms with Crippen molar-refractivity contribution in [2.24, 2.45) is 4.99 Å². The van der Waals surface area contributed by atoms with Gasteiger partial charge >= 0.3 is 0 Å². The van der Waals surface area contributed by atoms with Crippen LogP contribution in [0, 0.1) is 0 Å². The Balaban J connectivity index is 0.00000363.